The zero-order valence-corrected chi connectivity index (χ0v) is 27.6. The molecule has 1 N–H and O–H groups in total. The van der Waals surface area contributed by atoms with Crippen LogP contribution in [-0.2, 0) is 5.41 Å². The van der Waals surface area contributed by atoms with Gasteiger partial charge in [-0.2, -0.15) is 0 Å². The van der Waals surface area contributed by atoms with E-state index in [1.807, 2.05) is 12.1 Å². The summed E-state index contributed by atoms with van der Waals surface area (Å²) >= 11 is 0. The Labute approximate surface area is 278 Å². The van der Waals surface area contributed by atoms with Gasteiger partial charge in [-0.15, -0.1) is 0 Å². The average Bonchev–Trinajstić information content (AvgIpc) is 3.32. The second-order valence-corrected chi connectivity index (χ2v) is 13.8. The number of benzene rings is 6. The van der Waals surface area contributed by atoms with Crippen molar-refractivity contribution in [1.29, 1.82) is 0 Å². The molecule has 0 aromatic heterocycles. The van der Waals surface area contributed by atoms with Crippen molar-refractivity contribution in [2.24, 2.45) is 11.8 Å². The van der Waals surface area contributed by atoms with Crippen LogP contribution in [0.1, 0.15) is 62.0 Å². The Hall–Kier alpha value is -5.15. The lowest BCUT2D eigenvalue weighted by molar-refractivity contribution is 0.0697. The van der Waals surface area contributed by atoms with Gasteiger partial charge in [-0.3, -0.25) is 0 Å². The minimum Gasteiger partial charge on any atom is -0.478 e. The number of hydrogen-bond acceptors (Lipinski definition) is 2. The lowest BCUT2D eigenvalue weighted by atomic mass is 9.68. The molecule has 0 unspecified atom stereocenters. The third-order valence-electron chi connectivity index (χ3n) is 9.61. The molecular formula is C44H41NO2. The maximum absolute atomic E-state index is 11.4. The highest BCUT2D eigenvalue weighted by Crippen LogP contribution is 2.56. The molecule has 6 aromatic rings. The van der Waals surface area contributed by atoms with Crippen LogP contribution in [0.5, 0.6) is 0 Å². The van der Waals surface area contributed by atoms with Crippen LogP contribution in [-0.4, -0.2) is 11.1 Å². The van der Waals surface area contributed by atoms with Crippen molar-refractivity contribution in [2.75, 3.05) is 4.90 Å². The number of carbonyl (C=O) groups is 1. The number of fused-ring (bicyclic) bond motifs is 4. The van der Waals surface area contributed by atoms with E-state index in [0.29, 0.717) is 11.8 Å². The molecule has 7 rings (SSSR count). The van der Waals surface area contributed by atoms with Gasteiger partial charge in [0.25, 0.3) is 0 Å². The number of aromatic carboxylic acids is 1. The first-order valence-corrected chi connectivity index (χ1v) is 16.7. The number of rotatable bonds is 9. The smallest absolute Gasteiger partial charge is 0.335 e. The third-order valence-corrected chi connectivity index (χ3v) is 9.61. The van der Waals surface area contributed by atoms with E-state index in [-0.39, 0.29) is 11.0 Å². The normalized spacial score (nSPS) is 13.1. The quantitative estimate of drug-likeness (QED) is 0.176. The Morgan fingerprint density at radius 2 is 1.11 bits per heavy atom. The van der Waals surface area contributed by atoms with Crippen LogP contribution in [0.4, 0.5) is 17.1 Å². The molecule has 0 heterocycles. The third kappa shape index (κ3) is 5.61. The molecule has 0 saturated carbocycles. The second-order valence-electron chi connectivity index (χ2n) is 13.8. The Morgan fingerprint density at radius 3 is 1.77 bits per heavy atom. The molecule has 234 valence electrons. The predicted molar refractivity (Wildman–Crippen MR) is 196 cm³/mol. The SMILES string of the molecule is CC(C)CC1(CC(C)C)c2ccccc2-c2ccc(N(c3ccc(-c4ccc(C(=O)O)cc4)cc3)c3ccc4ccccc4c3)cc21. The summed E-state index contributed by atoms with van der Waals surface area (Å²) in [5, 5.41) is 11.8. The molecule has 0 radical (unpaired) electrons. The average molecular weight is 616 g/mol. The van der Waals surface area contributed by atoms with E-state index in [1.54, 1.807) is 12.1 Å². The Morgan fingerprint density at radius 1 is 0.574 bits per heavy atom. The van der Waals surface area contributed by atoms with Crippen molar-refractivity contribution >= 4 is 33.8 Å². The summed E-state index contributed by atoms with van der Waals surface area (Å²) in [4.78, 5) is 13.8. The van der Waals surface area contributed by atoms with Gasteiger partial charge in [-0.1, -0.05) is 113 Å². The van der Waals surface area contributed by atoms with Crippen LogP contribution in [0.15, 0.2) is 133 Å². The summed E-state index contributed by atoms with van der Waals surface area (Å²) in [6, 6.07) is 47.1. The Bertz CT molecular complexity index is 2060. The number of carboxylic acid groups (broad SMARTS) is 1. The molecule has 0 fully saturated rings. The van der Waals surface area contributed by atoms with Crippen molar-refractivity contribution in [3.8, 4) is 22.3 Å². The minimum atomic E-state index is -0.916. The van der Waals surface area contributed by atoms with Crippen molar-refractivity contribution < 1.29 is 9.90 Å². The van der Waals surface area contributed by atoms with Gasteiger partial charge in [0.15, 0.2) is 0 Å². The molecule has 0 bridgehead atoms. The van der Waals surface area contributed by atoms with Gasteiger partial charge in [0.05, 0.1) is 5.56 Å². The van der Waals surface area contributed by atoms with E-state index >= 15 is 0 Å². The summed E-state index contributed by atoms with van der Waals surface area (Å²) in [6.45, 7) is 9.41. The summed E-state index contributed by atoms with van der Waals surface area (Å²) < 4.78 is 0. The lowest BCUT2D eigenvalue weighted by Crippen LogP contribution is -2.29. The van der Waals surface area contributed by atoms with E-state index in [2.05, 4.69) is 142 Å². The van der Waals surface area contributed by atoms with E-state index < -0.39 is 5.97 Å². The topological polar surface area (TPSA) is 40.5 Å². The van der Waals surface area contributed by atoms with Crippen molar-refractivity contribution in [3.63, 3.8) is 0 Å². The maximum atomic E-state index is 11.4. The molecule has 47 heavy (non-hydrogen) atoms. The molecule has 0 amide bonds. The molecule has 6 aromatic carbocycles. The van der Waals surface area contributed by atoms with Crippen molar-refractivity contribution in [2.45, 2.75) is 46.0 Å². The lowest BCUT2D eigenvalue weighted by Gasteiger charge is -2.36. The summed E-state index contributed by atoms with van der Waals surface area (Å²) in [6.07, 6.45) is 2.20. The van der Waals surface area contributed by atoms with E-state index in [9.17, 15) is 9.90 Å². The number of nitrogens with zero attached hydrogens (tertiary/aromatic N) is 1. The Balaban J connectivity index is 1.39. The first kappa shape index (κ1) is 30.5. The summed E-state index contributed by atoms with van der Waals surface area (Å²) in [5.74, 6) is 0.177. The molecule has 1 aliphatic carbocycles. The standard InChI is InChI=1S/C44H41NO2/c1-29(2)27-44(28-30(3)4)41-12-8-7-11-39(41)40-24-23-38(26-42(40)44)45(37-22-19-31-9-5-6-10-35(31)25-37)36-20-17-33(18-21-36)32-13-15-34(16-14-32)43(46)47/h5-26,29-30H,27-28H2,1-4H3,(H,46,47). The van der Waals surface area contributed by atoms with E-state index in [0.717, 1.165) is 41.0 Å². The molecule has 3 heteroatoms. The van der Waals surface area contributed by atoms with E-state index in [4.69, 9.17) is 0 Å². The van der Waals surface area contributed by atoms with Gasteiger partial charge in [0.1, 0.15) is 0 Å². The molecule has 0 atom stereocenters. The zero-order valence-electron chi connectivity index (χ0n) is 27.6. The summed E-state index contributed by atoms with van der Waals surface area (Å²) in [5.41, 5.74) is 11.2. The van der Waals surface area contributed by atoms with Gasteiger partial charge in [0.2, 0.25) is 0 Å². The van der Waals surface area contributed by atoms with Crippen LogP contribution in [0, 0.1) is 11.8 Å². The minimum absolute atomic E-state index is 0.0503. The monoisotopic (exact) mass is 615 g/mol. The van der Waals surface area contributed by atoms with Gasteiger partial charge >= 0.3 is 5.97 Å². The maximum Gasteiger partial charge on any atom is 0.335 e. The van der Waals surface area contributed by atoms with Gasteiger partial charge < -0.3 is 10.0 Å². The highest BCUT2D eigenvalue weighted by Gasteiger charge is 2.44. The molecular weight excluding hydrogens is 574 g/mol. The van der Waals surface area contributed by atoms with Gasteiger partial charge in [-0.25, -0.2) is 4.79 Å². The number of carboxylic acids is 1. The van der Waals surface area contributed by atoms with Crippen LogP contribution < -0.4 is 4.90 Å². The van der Waals surface area contributed by atoms with E-state index in [1.165, 1.54) is 33.0 Å². The van der Waals surface area contributed by atoms with Crippen LogP contribution in [0.25, 0.3) is 33.0 Å². The molecule has 0 spiro atoms. The molecule has 1 aliphatic rings. The molecule has 0 saturated heterocycles. The summed E-state index contributed by atoms with van der Waals surface area (Å²) in [7, 11) is 0. The number of anilines is 3. The zero-order chi connectivity index (χ0) is 32.7. The van der Waals surface area contributed by atoms with Crippen LogP contribution >= 0.6 is 0 Å². The second kappa shape index (κ2) is 12.2. The predicted octanol–water partition coefficient (Wildman–Crippen LogP) is 12.0. The molecule has 0 aliphatic heterocycles. The van der Waals surface area contributed by atoms with Crippen LogP contribution in [0.2, 0.25) is 0 Å². The number of hydrogen-bond donors (Lipinski definition) is 1. The van der Waals surface area contributed by atoms with Gasteiger partial charge in [-0.05, 0) is 117 Å². The fourth-order valence-electron chi connectivity index (χ4n) is 7.87. The first-order chi connectivity index (χ1) is 22.7. The van der Waals surface area contributed by atoms with Crippen LogP contribution in [0.3, 0.4) is 0 Å². The largest absolute Gasteiger partial charge is 0.478 e. The molecule has 3 nitrogen and oxygen atoms in total. The highest BCUT2D eigenvalue weighted by molar-refractivity contribution is 5.91. The fourth-order valence-corrected chi connectivity index (χ4v) is 7.87. The van der Waals surface area contributed by atoms with Crippen molar-refractivity contribution in [3.05, 3.63) is 150 Å². The highest BCUT2D eigenvalue weighted by atomic mass is 16.4. The first-order valence-electron chi connectivity index (χ1n) is 16.7. The van der Waals surface area contributed by atoms with Crippen molar-refractivity contribution in [1.82, 2.24) is 0 Å². The van der Waals surface area contributed by atoms with Gasteiger partial charge in [0, 0.05) is 22.5 Å². The Kier molecular flexibility index (Phi) is 7.93. The fraction of sp³-hybridized carbons (Fsp3) is 0.205.